The number of benzene rings is 1. The highest BCUT2D eigenvalue weighted by atomic mass is 19.4. The van der Waals surface area contributed by atoms with Crippen LogP contribution in [0.2, 0.25) is 0 Å². The molecule has 0 aliphatic rings. The number of halogens is 3. The molecule has 0 heterocycles. The van der Waals surface area contributed by atoms with E-state index < -0.39 is 18.9 Å². The number of alkyl halides is 3. The molecule has 102 valence electrons. The molecule has 0 fully saturated rings. The second kappa shape index (κ2) is 5.58. The van der Waals surface area contributed by atoms with Gasteiger partial charge in [0.1, 0.15) is 12.4 Å². The lowest BCUT2D eigenvalue weighted by Crippen LogP contribution is -2.34. The van der Waals surface area contributed by atoms with Crippen LogP contribution in [0.25, 0.3) is 0 Å². The standard InChI is InChI=1S/C12H16F3NO2/c1-7-3-4-9(8(2)16)10(5-7)18-6-11(17)12(13,14)15/h3-5,8,11,17H,6,16H2,1-2H3/t8-,11?/m1/s1. The molecule has 1 rings (SSSR count). The Morgan fingerprint density at radius 3 is 2.50 bits per heavy atom. The van der Waals surface area contributed by atoms with Gasteiger partial charge in [-0.25, -0.2) is 0 Å². The average molecular weight is 263 g/mol. The van der Waals surface area contributed by atoms with E-state index in [2.05, 4.69) is 0 Å². The molecule has 3 N–H and O–H groups in total. The molecule has 1 aromatic rings. The molecule has 0 radical (unpaired) electrons. The molecule has 6 heteroatoms. The van der Waals surface area contributed by atoms with Gasteiger partial charge in [0, 0.05) is 11.6 Å². The Kier molecular flexibility index (Phi) is 4.59. The van der Waals surface area contributed by atoms with Crippen LogP contribution in [0, 0.1) is 6.92 Å². The van der Waals surface area contributed by atoms with Crippen LogP contribution in [0.1, 0.15) is 24.1 Å². The smallest absolute Gasteiger partial charge is 0.417 e. The van der Waals surface area contributed by atoms with E-state index in [0.29, 0.717) is 5.56 Å². The molecule has 1 unspecified atom stereocenters. The second-order valence-corrected chi connectivity index (χ2v) is 4.20. The van der Waals surface area contributed by atoms with Gasteiger partial charge >= 0.3 is 6.18 Å². The summed E-state index contributed by atoms with van der Waals surface area (Å²) in [6, 6.07) is 4.74. The van der Waals surface area contributed by atoms with E-state index in [1.807, 2.05) is 0 Å². The first-order valence-electron chi connectivity index (χ1n) is 5.45. The van der Waals surface area contributed by atoms with E-state index in [-0.39, 0.29) is 11.8 Å². The summed E-state index contributed by atoms with van der Waals surface area (Å²) in [4.78, 5) is 0. The number of aliphatic hydroxyl groups excluding tert-OH is 1. The zero-order valence-corrected chi connectivity index (χ0v) is 10.2. The van der Waals surface area contributed by atoms with Gasteiger partial charge in [0.15, 0.2) is 6.10 Å². The maximum atomic E-state index is 12.1. The molecule has 0 aliphatic carbocycles. The third-order valence-electron chi connectivity index (χ3n) is 2.43. The Hall–Kier alpha value is -1.27. The van der Waals surface area contributed by atoms with Crippen LogP contribution in [-0.2, 0) is 0 Å². The van der Waals surface area contributed by atoms with Crippen molar-refractivity contribution in [2.24, 2.45) is 5.73 Å². The first kappa shape index (κ1) is 14.8. The van der Waals surface area contributed by atoms with Crippen molar-refractivity contribution in [3.05, 3.63) is 29.3 Å². The van der Waals surface area contributed by atoms with Gasteiger partial charge in [-0.3, -0.25) is 0 Å². The van der Waals surface area contributed by atoms with Crippen LogP contribution < -0.4 is 10.5 Å². The zero-order chi connectivity index (χ0) is 13.9. The minimum atomic E-state index is -4.68. The Morgan fingerprint density at radius 1 is 1.39 bits per heavy atom. The van der Waals surface area contributed by atoms with Crippen LogP contribution in [0.4, 0.5) is 13.2 Å². The van der Waals surface area contributed by atoms with Gasteiger partial charge in [-0.15, -0.1) is 0 Å². The van der Waals surface area contributed by atoms with Crippen molar-refractivity contribution in [3.8, 4) is 5.75 Å². The molecule has 0 amide bonds. The zero-order valence-electron chi connectivity index (χ0n) is 10.2. The summed E-state index contributed by atoms with van der Waals surface area (Å²) in [6.07, 6.45) is -7.18. The van der Waals surface area contributed by atoms with E-state index >= 15 is 0 Å². The van der Waals surface area contributed by atoms with Crippen molar-refractivity contribution in [1.29, 1.82) is 0 Å². The van der Waals surface area contributed by atoms with E-state index in [1.165, 1.54) is 0 Å². The lowest BCUT2D eigenvalue weighted by Gasteiger charge is -2.18. The molecule has 0 aliphatic heterocycles. The van der Waals surface area contributed by atoms with Crippen molar-refractivity contribution >= 4 is 0 Å². The summed E-state index contributed by atoms with van der Waals surface area (Å²) in [7, 11) is 0. The van der Waals surface area contributed by atoms with Gasteiger partial charge in [0.25, 0.3) is 0 Å². The molecule has 0 spiro atoms. The summed E-state index contributed by atoms with van der Waals surface area (Å²) in [5.41, 5.74) is 7.14. The van der Waals surface area contributed by atoms with Gasteiger partial charge < -0.3 is 15.6 Å². The Balaban J connectivity index is 2.81. The maximum absolute atomic E-state index is 12.1. The van der Waals surface area contributed by atoms with Crippen molar-refractivity contribution in [2.45, 2.75) is 32.2 Å². The van der Waals surface area contributed by atoms with Gasteiger partial charge in [-0.05, 0) is 25.5 Å². The van der Waals surface area contributed by atoms with Crippen molar-refractivity contribution in [1.82, 2.24) is 0 Å². The van der Waals surface area contributed by atoms with Crippen LogP contribution in [-0.4, -0.2) is 24.0 Å². The van der Waals surface area contributed by atoms with Crippen molar-refractivity contribution in [3.63, 3.8) is 0 Å². The largest absolute Gasteiger partial charge is 0.490 e. The molecule has 18 heavy (non-hydrogen) atoms. The summed E-state index contributed by atoms with van der Waals surface area (Å²) < 4.78 is 41.4. The number of aliphatic hydroxyl groups is 1. The monoisotopic (exact) mass is 263 g/mol. The van der Waals surface area contributed by atoms with Gasteiger partial charge in [0.2, 0.25) is 0 Å². The van der Waals surface area contributed by atoms with Gasteiger partial charge in [-0.2, -0.15) is 13.2 Å². The minimum Gasteiger partial charge on any atom is -0.490 e. The Morgan fingerprint density at radius 2 is 2.00 bits per heavy atom. The van der Waals surface area contributed by atoms with Crippen LogP contribution in [0.5, 0.6) is 5.75 Å². The van der Waals surface area contributed by atoms with E-state index in [9.17, 15) is 13.2 Å². The Labute approximate surface area is 103 Å². The van der Waals surface area contributed by atoms with Crippen molar-refractivity contribution < 1.29 is 23.0 Å². The van der Waals surface area contributed by atoms with Gasteiger partial charge in [-0.1, -0.05) is 12.1 Å². The molecule has 0 aromatic heterocycles. The highest BCUT2D eigenvalue weighted by Gasteiger charge is 2.38. The molecular formula is C12H16F3NO2. The third kappa shape index (κ3) is 3.89. The van der Waals surface area contributed by atoms with Crippen LogP contribution in [0.3, 0.4) is 0 Å². The number of hydrogen-bond donors (Lipinski definition) is 2. The fourth-order valence-corrected chi connectivity index (χ4v) is 1.41. The molecule has 3 nitrogen and oxygen atoms in total. The molecule has 1 aromatic carbocycles. The average Bonchev–Trinajstić information content (AvgIpc) is 2.24. The predicted molar refractivity (Wildman–Crippen MR) is 61.3 cm³/mol. The quantitative estimate of drug-likeness (QED) is 0.876. The fourth-order valence-electron chi connectivity index (χ4n) is 1.41. The maximum Gasteiger partial charge on any atom is 0.417 e. The first-order valence-corrected chi connectivity index (χ1v) is 5.45. The summed E-state index contributed by atoms with van der Waals surface area (Å²) in [5, 5.41) is 8.86. The number of nitrogens with two attached hydrogens (primary N) is 1. The molecule has 0 bridgehead atoms. The number of ether oxygens (including phenoxy) is 1. The predicted octanol–water partition coefficient (Wildman–Crippen LogP) is 2.32. The van der Waals surface area contributed by atoms with Crippen LogP contribution >= 0.6 is 0 Å². The minimum absolute atomic E-state index is 0.272. The SMILES string of the molecule is Cc1ccc([C@@H](C)N)c(OCC(O)C(F)(F)F)c1. The normalized spacial score (nSPS) is 15.3. The van der Waals surface area contributed by atoms with E-state index in [4.69, 9.17) is 15.6 Å². The highest BCUT2D eigenvalue weighted by Crippen LogP contribution is 2.27. The first-order chi connectivity index (χ1) is 8.21. The van der Waals surface area contributed by atoms with Crippen molar-refractivity contribution in [2.75, 3.05) is 6.61 Å². The fraction of sp³-hybridized carbons (Fsp3) is 0.500. The molecule has 0 saturated carbocycles. The van der Waals surface area contributed by atoms with Gasteiger partial charge in [0.05, 0.1) is 0 Å². The molecule has 2 atom stereocenters. The van der Waals surface area contributed by atoms with E-state index in [1.54, 1.807) is 32.0 Å². The lowest BCUT2D eigenvalue weighted by molar-refractivity contribution is -0.210. The second-order valence-electron chi connectivity index (χ2n) is 4.20. The lowest BCUT2D eigenvalue weighted by atomic mass is 10.1. The molecular weight excluding hydrogens is 247 g/mol. The summed E-state index contributed by atoms with van der Waals surface area (Å²) in [5.74, 6) is 0.272. The van der Waals surface area contributed by atoms with E-state index in [0.717, 1.165) is 5.56 Å². The molecule has 0 saturated heterocycles. The third-order valence-corrected chi connectivity index (χ3v) is 2.43. The Bertz CT molecular complexity index is 405. The summed E-state index contributed by atoms with van der Waals surface area (Å²) in [6.45, 7) is 2.66. The number of aryl methyl sites for hydroxylation is 1. The topological polar surface area (TPSA) is 55.5 Å². The van der Waals surface area contributed by atoms with Crippen LogP contribution in [0.15, 0.2) is 18.2 Å². The number of rotatable bonds is 4. The number of hydrogen-bond acceptors (Lipinski definition) is 3. The highest BCUT2D eigenvalue weighted by molar-refractivity contribution is 5.38. The summed E-state index contributed by atoms with van der Waals surface area (Å²) >= 11 is 0.